The van der Waals surface area contributed by atoms with Crippen LogP contribution in [-0.4, -0.2) is 31.9 Å². The summed E-state index contributed by atoms with van der Waals surface area (Å²) < 4.78 is 6.06. The van der Waals surface area contributed by atoms with Gasteiger partial charge in [-0.05, 0) is 67.6 Å². The lowest BCUT2D eigenvalue weighted by Crippen LogP contribution is -2.18. The molecule has 1 fully saturated rings. The minimum atomic E-state index is -0.268. The number of hydrogen-bond donors (Lipinski definition) is 2. The number of H-pyrrole nitrogens is 1. The summed E-state index contributed by atoms with van der Waals surface area (Å²) in [5, 5.41) is 10.0. The second-order valence-electron chi connectivity index (χ2n) is 7.97. The molecule has 1 unspecified atom stereocenters. The van der Waals surface area contributed by atoms with Gasteiger partial charge in [0.15, 0.2) is 5.82 Å². The Morgan fingerprint density at radius 1 is 1.03 bits per heavy atom. The van der Waals surface area contributed by atoms with Crippen molar-refractivity contribution < 1.29 is 14.6 Å². The molecule has 0 saturated heterocycles. The molecule has 6 heteroatoms. The quantitative estimate of drug-likeness (QED) is 0.450. The number of nitrogens with zero attached hydrogens (tertiary/aromatic N) is 2. The molecule has 0 amide bonds. The van der Waals surface area contributed by atoms with Crippen molar-refractivity contribution in [2.75, 3.05) is 0 Å². The largest absolute Gasteiger partial charge is 0.439 e. The van der Waals surface area contributed by atoms with E-state index in [-0.39, 0.29) is 17.8 Å². The van der Waals surface area contributed by atoms with Crippen molar-refractivity contribution in [3.05, 3.63) is 83.8 Å². The number of aromatic nitrogens is 3. The summed E-state index contributed by atoms with van der Waals surface area (Å²) in [7, 11) is 0. The standard InChI is InChI=1S/C25H23N3O3/c29-18-6-3-5-17(15-18)20-7-4-14-26-25(20)31-19-12-10-16(11-13-19)23(30)24-27-21-8-1-2-9-22(21)28-24/h1-2,4,7-14,17-18,29H,3,5-6,15H2,(H,27,28)/t17?,18-/m0/s1. The molecule has 1 saturated carbocycles. The van der Waals surface area contributed by atoms with Crippen LogP contribution in [0.4, 0.5) is 0 Å². The van der Waals surface area contributed by atoms with Gasteiger partial charge in [-0.15, -0.1) is 0 Å². The first-order chi connectivity index (χ1) is 15.2. The lowest BCUT2D eigenvalue weighted by Gasteiger charge is -2.27. The zero-order valence-corrected chi connectivity index (χ0v) is 17.0. The Balaban J connectivity index is 1.34. The number of ether oxygens (including phenoxy) is 1. The van der Waals surface area contributed by atoms with Gasteiger partial charge in [-0.25, -0.2) is 9.97 Å². The molecule has 1 aliphatic rings. The maximum atomic E-state index is 12.8. The van der Waals surface area contributed by atoms with E-state index in [0.717, 1.165) is 42.3 Å². The first kappa shape index (κ1) is 19.5. The number of ketones is 1. The van der Waals surface area contributed by atoms with Gasteiger partial charge in [0.05, 0.1) is 17.1 Å². The average molecular weight is 413 g/mol. The van der Waals surface area contributed by atoms with Crippen LogP contribution in [0, 0.1) is 0 Å². The molecule has 2 heterocycles. The molecule has 0 radical (unpaired) electrons. The highest BCUT2D eigenvalue weighted by Gasteiger charge is 2.25. The molecule has 2 N–H and O–H groups in total. The van der Waals surface area contributed by atoms with E-state index in [4.69, 9.17) is 4.74 Å². The maximum absolute atomic E-state index is 12.8. The van der Waals surface area contributed by atoms with E-state index in [0.29, 0.717) is 23.0 Å². The minimum Gasteiger partial charge on any atom is -0.439 e. The van der Waals surface area contributed by atoms with Crippen LogP contribution in [0.5, 0.6) is 11.6 Å². The van der Waals surface area contributed by atoms with E-state index < -0.39 is 0 Å². The summed E-state index contributed by atoms with van der Waals surface area (Å²) in [4.78, 5) is 24.7. The molecule has 156 valence electrons. The predicted octanol–water partition coefficient (Wildman–Crippen LogP) is 5.00. The summed E-state index contributed by atoms with van der Waals surface area (Å²) in [5.74, 6) is 1.55. The van der Waals surface area contributed by atoms with Crippen LogP contribution < -0.4 is 4.74 Å². The normalized spacial score (nSPS) is 18.7. The number of nitrogens with one attached hydrogen (secondary N) is 1. The molecule has 2 aromatic carbocycles. The van der Waals surface area contributed by atoms with Crippen molar-refractivity contribution in [2.45, 2.75) is 37.7 Å². The molecule has 1 aliphatic carbocycles. The third-order valence-corrected chi connectivity index (χ3v) is 5.82. The lowest BCUT2D eigenvalue weighted by molar-refractivity contribution is 0.103. The smallest absolute Gasteiger partial charge is 0.228 e. The van der Waals surface area contributed by atoms with Crippen LogP contribution in [0.2, 0.25) is 0 Å². The number of aliphatic hydroxyl groups is 1. The second-order valence-corrected chi connectivity index (χ2v) is 7.97. The van der Waals surface area contributed by atoms with Crippen molar-refractivity contribution >= 4 is 16.8 Å². The Morgan fingerprint density at radius 3 is 2.68 bits per heavy atom. The van der Waals surface area contributed by atoms with Gasteiger partial charge in [0, 0.05) is 17.3 Å². The Kier molecular flexibility index (Phi) is 5.22. The number of aromatic amines is 1. The number of carbonyl (C=O) groups excluding carboxylic acids is 1. The van der Waals surface area contributed by atoms with E-state index in [2.05, 4.69) is 15.0 Å². The number of fused-ring (bicyclic) bond motifs is 1. The number of benzene rings is 2. The maximum Gasteiger partial charge on any atom is 0.228 e. The highest BCUT2D eigenvalue weighted by Crippen LogP contribution is 2.38. The summed E-state index contributed by atoms with van der Waals surface area (Å²) in [6, 6.07) is 18.5. The van der Waals surface area contributed by atoms with Crippen LogP contribution in [0.1, 0.15) is 53.3 Å². The van der Waals surface area contributed by atoms with Crippen molar-refractivity contribution in [1.82, 2.24) is 15.0 Å². The number of imidazole rings is 1. The number of rotatable bonds is 5. The lowest BCUT2D eigenvalue weighted by atomic mass is 9.83. The molecule has 0 aliphatic heterocycles. The highest BCUT2D eigenvalue weighted by atomic mass is 16.5. The van der Waals surface area contributed by atoms with Crippen LogP contribution in [0.15, 0.2) is 66.9 Å². The van der Waals surface area contributed by atoms with E-state index in [1.165, 1.54) is 0 Å². The van der Waals surface area contributed by atoms with E-state index in [9.17, 15) is 9.90 Å². The molecular formula is C25H23N3O3. The molecule has 0 spiro atoms. The van der Waals surface area contributed by atoms with Gasteiger partial charge in [-0.1, -0.05) is 24.6 Å². The van der Waals surface area contributed by atoms with Crippen molar-refractivity contribution in [3.63, 3.8) is 0 Å². The van der Waals surface area contributed by atoms with Gasteiger partial charge in [0.25, 0.3) is 0 Å². The summed E-state index contributed by atoms with van der Waals surface area (Å²) in [5.41, 5.74) is 3.15. The number of hydrogen-bond acceptors (Lipinski definition) is 5. The van der Waals surface area contributed by atoms with E-state index in [1.807, 2.05) is 36.4 Å². The minimum absolute atomic E-state index is 0.169. The summed E-state index contributed by atoms with van der Waals surface area (Å²) >= 11 is 0. The molecular weight excluding hydrogens is 390 g/mol. The SMILES string of the molecule is O=C(c1ccc(Oc2ncccc2C2CCC[C@H](O)C2)cc1)c1nc2ccccc2[nH]1. The highest BCUT2D eigenvalue weighted by molar-refractivity contribution is 6.08. The Morgan fingerprint density at radius 2 is 1.87 bits per heavy atom. The van der Waals surface area contributed by atoms with Crippen LogP contribution >= 0.6 is 0 Å². The van der Waals surface area contributed by atoms with E-state index >= 15 is 0 Å². The first-order valence-electron chi connectivity index (χ1n) is 10.6. The average Bonchev–Trinajstić information content (AvgIpc) is 3.24. The number of pyridine rings is 1. The number of carbonyl (C=O) groups is 1. The third-order valence-electron chi connectivity index (χ3n) is 5.82. The molecule has 6 nitrogen and oxygen atoms in total. The van der Waals surface area contributed by atoms with Gasteiger partial charge < -0.3 is 14.8 Å². The Hall–Kier alpha value is -3.51. The van der Waals surface area contributed by atoms with Gasteiger partial charge in [-0.2, -0.15) is 0 Å². The predicted molar refractivity (Wildman–Crippen MR) is 117 cm³/mol. The summed E-state index contributed by atoms with van der Waals surface area (Å²) in [6.07, 6.45) is 5.04. The second kappa shape index (κ2) is 8.32. The molecule has 5 rings (SSSR count). The fourth-order valence-electron chi connectivity index (χ4n) is 4.23. The van der Waals surface area contributed by atoms with Crippen LogP contribution in [0.25, 0.3) is 11.0 Å². The van der Waals surface area contributed by atoms with Crippen molar-refractivity contribution in [2.24, 2.45) is 0 Å². The zero-order valence-electron chi connectivity index (χ0n) is 17.0. The molecule has 4 aromatic rings. The Labute approximate surface area is 179 Å². The van der Waals surface area contributed by atoms with Crippen LogP contribution in [-0.2, 0) is 0 Å². The monoisotopic (exact) mass is 413 g/mol. The number of aliphatic hydroxyl groups excluding tert-OH is 1. The van der Waals surface area contributed by atoms with Crippen molar-refractivity contribution in [1.29, 1.82) is 0 Å². The van der Waals surface area contributed by atoms with Gasteiger partial charge in [-0.3, -0.25) is 4.79 Å². The zero-order chi connectivity index (χ0) is 21.2. The molecule has 0 bridgehead atoms. The first-order valence-corrected chi connectivity index (χ1v) is 10.6. The fourth-order valence-corrected chi connectivity index (χ4v) is 4.23. The van der Waals surface area contributed by atoms with E-state index in [1.54, 1.807) is 30.5 Å². The van der Waals surface area contributed by atoms with Crippen molar-refractivity contribution in [3.8, 4) is 11.6 Å². The third kappa shape index (κ3) is 4.07. The fraction of sp³-hybridized carbons (Fsp3) is 0.240. The van der Waals surface area contributed by atoms with Crippen LogP contribution in [0.3, 0.4) is 0 Å². The molecule has 2 atom stereocenters. The van der Waals surface area contributed by atoms with Gasteiger partial charge >= 0.3 is 0 Å². The summed E-state index contributed by atoms with van der Waals surface area (Å²) in [6.45, 7) is 0. The molecule has 31 heavy (non-hydrogen) atoms. The Bertz CT molecular complexity index is 1180. The molecule has 2 aromatic heterocycles. The number of para-hydroxylation sites is 2. The topological polar surface area (TPSA) is 88.1 Å². The van der Waals surface area contributed by atoms with Gasteiger partial charge in [0.1, 0.15) is 5.75 Å². The van der Waals surface area contributed by atoms with Gasteiger partial charge in [0.2, 0.25) is 11.7 Å².